The normalized spacial score (nSPS) is 11.2. The van der Waals surface area contributed by atoms with Crippen LogP contribution in [0.1, 0.15) is 41.8 Å². The van der Waals surface area contributed by atoms with Crippen molar-refractivity contribution in [3.63, 3.8) is 0 Å². The van der Waals surface area contributed by atoms with Gasteiger partial charge in [0.05, 0.1) is 16.8 Å². The van der Waals surface area contributed by atoms with E-state index in [9.17, 15) is 9.59 Å². The molecular weight excluding hydrogens is 542 g/mol. The second-order valence-electron chi connectivity index (χ2n) is 8.40. The first-order valence-corrected chi connectivity index (χ1v) is 14.3. The van der Waals surface area contributed by atoms with Gasteiger partial charge in [0.1, 0.15) is 4.83 Å². The van der Waals surface area contributed by atoms with E-state index in [1.165, 1.54) is 16.6 Å². The molecule has 182 valence electrons. The minimum atomic E-state index is -0.127. The number of hydrogen-bond donors (Lipinski definition) is 1. The number of thiophene rings is 1. The Morgan fingerprint density at radius 2 is 1.91 bits per heavy atom. The number of carbonyl (C=O) groups excluding carboxylic acids is 1. The zero-order valence-electron chi connectivity index (χ0n) is 20.3. The summed E-state index contributed by atoms with van der Waals surface area (Å²) in [6, 6.07) is 13.5. The molecular formula is C27H28BrN3O2S2. The SMILES string of the molecule is CCCc1sc2nc(SCC(=O)Nc3c(C)cc(Br)cc3CC)n(-c3ccccc3)c(=O)c2c1C. The average Bonchev–Trinajstić information content (AvgIpc) is 3.15. The molecule has 8 heteroatoms. The first-order chi connectivity index (χ1) is 16.8. The van der Waals surface area contributed by atoms with E-state index < -0.39 is 0 Å². The summed E-state index contributed by atoms with van der Waals surface area (Å²) in [6.07, 6.45) is 2.75. The second-order valence-corrected chi connectivity index (χ2v) is 11.3. The second kappa shape index (κ2) is 11.1. The Kier molecular flexibility index (Phi) is 8.14. The molecule has 0 atom stereocenters. The summed E-state index contributed by atoms with van der Waals surface area (Å²) in [5.74, 6) is 0.0217. The van der Waals surface area contributed by atoms with Crippen LogP contribution in [0.5, 0.6) is 0 Å². The summed E-state index contributed by atoms with van der Waals surface area (Å²) in [7, 11) is 0. The molecule has 1 N–H and O–H groups in total. The van der Waals surface area contributed by atoms with Crippen LogP contribution < -0.4 is 10.9 Å². The van der Waals surface area contributed by atoms with Crippen molar-refractivity contribution in [1.29, 1.82) is 0 Å². The van der Waals surface area contributed by atoms with Crippen LogP contribution in [0, 0.1) is 13.8 Å². The lowest BCUT2D eigenvalue weighted by Gasteiger charge is -2.15. The molecule has 2 aromatic heterocycles. The minimum Gasteiger partial charge on any atom is -0.325 e. The highest BCUT2D eigenvalue weighted by Gasteiger charge is 2.20. The van der Waals surface area contributed by atoms with Crippen LogP contribution in [0.15, 0.2) is 56.9 Å². The number of benzene rings is 2. The predicted molar refractivity (Wildman–Crippen MR) is 152 cm³/mol. The van der Waals surface area contributed by atoms with Gasteiger partial charge in [0.15, 0.2) is 5.16 Å². The number of para-hydroxylation sites is 1. The summed E-state index contributed by atoms with van der Waals surface area (Å²) in [5.41, 5.74) is 4.61. The molecule has 0 saturated heterocycles. The summed E-state index contributed by atoms with van der Waals surface area (Å²) in [5, 5.41) is 4.27. The summed E-state index contributed by atoms with van der Waals surface area (Å²) >= 11 is 6.40. The van der Waals surface area contributed by atoms with Crippen LogP contribution in [0.4, 0.5) is 5.69 Å². The van der Waals surface area contributed by atoms with Crippen LogP contribution in [0.2, 0.25) is 0 Å². The van der Waals surface area contributed by atoms with Gasteiger partial charge < -0.3 is 5.32 Å². The van der Waals surface area contributed by atoms with Crippen molar-refractivity contribution in [3.8, 4) is 5.69 Å². The fraction of sp³-hybridized carbons (Fsp3) is 0.296. The fourth-order valence-electron chi connectivity index (χ4n) is 4.15. The number of thioether (sulfide) groups is 1. The minimum absolute atomic E-state index is 0.0859. The number of aryl methyl sites for hydroxylation is 4. The van der Waals surface area contributed by atoms with E-state index >= 15 is 0 Å². The highest BCUT2D eigenvalue weighted by molar-refractivity contribution is 9.10. The van der Waals surface area contributed by atoms with Crippen LogP contribution in [0.3, 0.4) is 0 Å². The number of carbonyl (C=O) groups is 1. The molecule has 0 spiro atoms. The van der Waals surface area contributed by atoms with Crippen molar-refractivity contribution in [1.82, 2.24) is 9.55 Å². The molecule has 0 bridgehead atoms. The molecule has 2 aromatic carbocycles. The molecule has 35 heavy (non-hydrogen) atoms. The Morgan fingerprint density at radius 3 is 2.60 bits per heavy atom. The Hall–Kier alpha value is -2.42. The quantitative estimate of drug-likeness (QED) is 0.182. The van der Waals surface area contributed by atoms with E-state index in [-0.39, 0.29) is 17.2 Å². The highest BCUT2D eigenvalue weighted by Crippen LogP contribution is 2.31. The van der Waals surface area contributed by atoms with Crippen LogP contribution in [-0.4, -0.2) is 21.2 Å². The lowest BCUT2D eigenvalue weighted by molar-refractivity contribution is -0.113. The maximum absolute atomic E-state index is 13.7. The zero-order chi connectivity index (χ0) is 25.1. The average molecular weight is 571 g/mol. The topological polar surface area (TPSA) is 64.0 Å². The maximum atomic E-state index is 13.7. The molecule has 2 heterocycles. The molecule has 5 nitrogen and oxygen atoms in total. The van der Waals surface area contributed by atoms with Gasteiger partial charge >= 0.3 is 0 Å². The first-order valence-electron chi connectivity index (χ1n) is 11.7. The van der Waals surface area contributed by atoms with Crippen molar-refractivity contribution in [2.24, 2.45) is 0 Å². The van der Waals surface area contributed by atoms with Crippen molar-refractivity contribution >= 4 is 60.8 Å². The zero-order valence-corrected chi connectivity index (χ0v) is 23.5. The molecule has 0 aliphatic carbocycles. The molecule has 0 aliphatic rings. The Labute approximate surface area is 222 Å². The van der Waals surface area contributed by atoms with Gasteiger partial charge in [-0.2, -0.15) is 0 Å². The molecule has 4 aromatic rings. The van der Waals surface area contributed by atoms with E-state index in [0.717, 1.165) is 56.6 Å². The van der Waals surface area contributed by atoms with Gasteiger partial charge in [-0.3, -0.25) is 14.2 Å². The molecule has 4 rings (SSSR count). The lowest BCUT2D eigenvalue weighted by atomic mass is 10.1. The number of rotatable bonds is 8. The fourth-order valence-corrected chi connectivity index (χ4v) is 6.91. The smallest absolute Gasteiger partial charge is 0.267 e. The number of nitrogens with zero attached hydrogens (tertiary/aromatic N) is 2. The number of anilines is 1. The Morgan fingerprint density at radius 1 is 1.17 bits per heavy atom. The van der Waals surface area contributed by atoms with Crippen molar-refractivity contribution in [3.05, 3.63) is 78.9 Å². The maximum Gasteiger partial charge on any atom is 0.267 e. The van der Waals surface area contributed by atoms with Crippen LogP contribution in [-0.2, 0) is 17.6 Å². The summed E-state index contributed by atoms with van der Waals surface area (Å²) in [4.78, 5) is 33.5. The third-order valence-electron chi connectivity index (χ3n) is 5.88. The third-order valence-corrected chi connectivity index (χ3v) is 8.53. The summed E-state index contributed by atoms with van der Waals surface area (Å²) < 4.78 is 2.63. The largest absolute Gasteiger partial charge is 0.325 e. The number of amides is 1. The standard InChI is InChI=1S/C27H28BrN3O2S2/c1-5-10-21-17(4)23-25(35-21)30-27(31(26(23)33)20-11-8-7-9-12-20)34-15-22(32)29-24-16(3)13-19(28)14-18(24)6-2/h7-9,11-14H,5-6,10,15H2,1-4H3,(H,29,32). The summed E-state index contributed by atoms with van der Waals surface area (Å²) in [6.45, 7) is 8.20. The lowest BCUT2D eigenvalue weighted by Crippen LogP contribution is -2.23. The van der Waals surface area contributed by atoms with Crippen LogP contribution >= 0.6 is 39.0 Å². The molecule has 0 fully saturated rings. The van der Waals surface area contributed by atoms with Gasteiger partial charge in [0.2, 0.25) is 5.91 Å². The molecule has 1 amide bonds. The number of fused-ring (bicyclic) bond motifs is 1. The van der Waals surface area contributed by atoms with E-state index in [1.54, 1.807) is 15.9 Å². The van der Waals surface area contributed by atoms with Gasteiger partial charge in [0, 0.05) is 15.0 Å². The number of aromatic nitrogens is 2. The van der Waals surface area contributed by atoms with Crippen molar-refractivity contribution in [2.75, 3.05) is 11.1 Å². The molecule has 0 radical (unpaired) electrons. The van der Waals surface area contributed by atoms with E-state index in [4.69, 9.17) is 4.98 Å². The van der Waals surface area contributed by atoms with E-state index in [2.05, 4.69) is 35.1 Å². The van der Waals surface area contributed by atoms with Crippen molar-refractivity contribution in [2.45, 2.75) is 52.1 Å². The van der Waals surface area contributed by atoms with Crippen molar-refractivity contribution < 1.29 is 4.79 Å². The molecule has 0 unspecified atom stereocenters. The van der Waals surface area contributed by atoms with Gasteiger partial charge in [-0.05, 0) is 67.6 Å². The van der Waals surface area contributed by atoms with Gasteiger partial charge in [0.25, 0.3) is 5.56 Å². The number of halogens is 1. The number of hydrogen-bond acceptors (Lipinski definition) is 5. The monoisotopic (exact) mass is 569 g/mol. The third kappa shape index (κ3) is 5.39. The Balaban J connectivity index is 1.70. The van der Waals surface area contributed by atoms with Gasteiger partial charge in [-0.25, -0.2) is 4.98 Å². The van der Waals surface area contributed by atoms with E-state index in [1.807, 2.05) is 56.3 Å². The molecule has 0 saturated carbocycles. The first kappa shape index (κ1) is 25.7. The van der Waals surface area contributed by atoms with Gasteiger partial charge in [-0.1, -0.05) is 66.2 Å². The van der Waals surface area contributed by atoms with Gasteiger partial charge in [-0.15, -0.1) is 11.3 Å². The predicted octanol–water partition coefficient (Wildman–Crippen LogP) is 7.07. The number of nitrogens with one attached hydrogen (secondary N) is 1. The Bertz CT molecular complexity index is 1440. The molecule has 0 aliphatic heterocycles. The van der Waals surface area contributed by atoms with E-state index in [0.29, 0.717) is 10.5 Å². The highest BCUT2D eigenvalue weighted by atomic mass is 79.9. The van der Waals surface area contributed by atoms with Crippen LogP contribution in [0.25, 0.3) is 15.9 Å².